The summed E-state index contributed by atoms with van der Waals surface area (Å²) in [5.41, 5.74) is 2.47. The highest BCUT2D eigenvalue weighted by molar-refractivity contribution is 7.08. The largest absolute Gasteiger partial charge is 0.507 e. The van der Waals surface area contributed by atoms with Crippen molar-refractivity contribution in [3.05, 3.63) is 87.2 Å². The van der Waals surface area contributed by atoms with Crippen LogP contribution in [0, 0.1) is 11.8 Å². The van der Waals surface area contributed by atoms with E-state index in [9.17, 15) is 24.6 Å². The summed E-state index contributed by atoms with van der Waals surface area (Å²) in [5, 5.41) is 34.0. The minimum atomic E-state index is -0.994. The predicted molar refractivity (Wildman–Crippen MR) is 188 cm³/mol. The maximum atomic E-state index is 13.9. The highest BCUT2D eigenvalue weighted by Crippen LogP contribution is 2.33. The molecule has 0 spiro atoms. The lowest BCUT2D eigenvalue weighted by Gasteiger charge is -2.37. The van der Waals surface area contributed by atoms with E-state index >= 15 is 0 Å². The van der Waals surface area contributed by atoms with Crippen molar-refractivity contribution in [1.82, 2.24) is 20.0 Å². The monoisotopic (exact) mass is 703 g/mol. The molecule has 1 saturated heterocycles. The Morgan fingerprint density at radius 2 is 1.90 bits per heavy atom. The molecule has 0 radical (unpaired) electrons. The molecule has 4 aromatic rings. The van der Waals surface area contributed by atoms with Crippen LogP contribution in [0.5, 0.6) is 5.75 Å². The van der Waals surface area contributed by atoms with Crippen molar-refractivity contribution >= 4 is 46.5 Å². The van der Waals surface area contributed by atoms with Gasteiger partial charge in [-0.15, -0.1) is 0 Å². The number of piperidine rings is 1. The Morgan fingerprint density at radius 1 is 1.12 bits per heavy atom. The average molecular weight is 704 g/mol. The van der Waals surface area contributed by atoms with Crippen LogP contribution in [0.25, 0.3) is 11.3 Å². The van der Waals surface area contributed by atoms with Crippen LogP contribution >= 0.6 is 22.9 Å². The number of aliphatic hydroxyl groups is 1. The maximum Gasteiger partial charge on any atom is 0.408 e. The van der Waals surface area contributed by atoms with Crippen LogP contribution in [0.4, 0.5) is 10.5 Å². The van der Waals surface area contributed by atoms with Gasteiger partial charge in [0.15, 0.2) is 0 Å². The van der Waals surface area contributed by atoms with Crippen LogP contribution in [0.15, 0.2) is 65.5 Å². The van der Waals surface area contributed by atoms with Crippen LogP contribution in [0.2, 0.25) is 5.02 Å². The first-order valence-electron chi connectivity index (χ1n) is 15.8. The van der Waals surface area contributed by atoms with Crippen molar-refractivity contribution in [2.75, 3.05) is 18.5 Å². The number of carbonyl (C=O) groups is 3. The van der Waals surface area contributed by atoms with E-state index in [0.29, 0.717) is 51.6 Å². The fourth-order valence-electron chi connectivity index (χ4n) is 5.41. The molecule has 0 aliphatic carbocycles. The number of anilines is 1. The van der Waals surface area contributed by atoms with E-state index in [0.717, 1.165) is 12.8 Å². The Bertz CT molecular complexity index is 1860. The summed E-state index contributed by atoms with van der Waals surface area (Å²) in [4.78, 5) is 41.7. The second-order valence-corrected chi connectivity index (χ2v) is 13.8. The number of rotatable bonds is 8. The van der Waals surface area contributed by atoms with Gasteiger partial charge in [-0.05, 0) is 105 Å². The Morgan fingerprint density at radius 3 is 2.59 bits per heavy atom. The van der Waals surface area contributed by atoms with Gasteiger partial charge in [-0.25, -0.2) is 4.79 Å². The molecule has 2 aromatic carbocycles. The molecule has 0 bridgehead atoms. The van der Waals surface area contributed by atoms with Crippen LogP contribution in [0.1, 0.15) is 62.8 Å². The summed E-state index contributed by atoms with van der Waals surface area (Å²) >= 11 is 7.57. The summed E-state index contributed by atoms with van der Waals surface area (Å²) < 4.78 is 6.97. The van der Waals surface area contributed by atoms with Crippen molar-refractivity contribution < 1.29 is 29.3 Å². The normalized spacial score (nSPS) is 15.1. The first-order valence-corrected chi connectivity index (χ1v) is 17.2. The third-order valence-corrected chi connectivity index (χ3v) is 8.61. The number of amides is 3. The Kier molecular flexibility index (Phi) is 11.3. The molecule has 13 heteroatoms. The number of halogens is 1. The van der Waals surface area contributed by atoms with Gasteiger partial charge in [0.25, 0.3) is 5.91 Å². The molecule has 4 N–H and O–H groups in total. The molecule has 256 valence electrons. The van der Waals surface area contributed by atoms with E-state index in [4.69, 9.17) is 16.3 Å². The van der Waals surface area contributed by atoms with Gasteiger partial charge in [-0.3, -0.25) is 14.3 Å². The third kappa shape index (κ3) is 9.20. The van der Waals surface area contributed by atoms with Crippen molar-refractivity contribution in [2.45, 2.75) is 64.3 Å². The Balaban J connectivity index is 1.30. The first kappa shape index (κ1) is 35.5. The molecule has 0 unspecified atom stereocenters. The van der Waals surface area contributed by atoms with E-state index in [-0.39, 0.29) is 30.7 Å². The van der Waals surface area contributed by atoms with Gasteiger partial charge >= 0.3 is 6.09 Å². The lowest BCUT2D eigenvalue weighted by molar-refractivity contribution is -0.142. The van der Waals surface area contributed by atoms with Gasteiger partial charge in [-0.2, -0.15) is 16.4 Å². The molecule has 2 atom stereocenters. The van der Waals surface area contributed by atoms with Crippen LogP contribution in [-0.4, -0.2) is 67.6 Å². The Hall–Kier alpha value is -4.83. The van der Waals surface area contributed by atoms with Crippen molar-refractivity contribution in [3.63, 3.8) is 0 Å². The molecule has 3 heterocycles. The number of nitrogens with one attached hydrogen (secondary N) is 2. The van der Waals surface area contributed by atoms with E-state index in [1.807, 2.05) is 5.38 Å². The number of hydrogen-bond acceptors (Lipinski definition) is 8. The number of aromatic hydroxyl groups is 1. The number of nitrogens with zero attached hydrogens (tertiary/aromatic N) is 3. The zero-order valence-electron chi connectivity index (χ0n) is 27.4. The van der Waals surface area contributed by atoms with E-state index in [2.05, 4.69) is 27.6 Å². The molecule has 3 amide bonds. The topological polar surface area (TPSA) is 146 Å². The van der Waals surface area contributed by atoms with Crippen molar-refractivity contribution in [3.8, 4) is 28.8 Å². The van der Waals surface area contributed by atoms with Gasteiger partial charge in [0.1, 0.15) is 29.1 Å². The summed E-state index contributed by atoms with van der Waals surface area (Å²) in [6.45, 7) is 5.76. The SMILES string of the molecule is CC(C)(C)OC(=O)N[C@@H](C(=O)N1CCCC[C@H]1C(=O)Nc1ccc(C#Cc2cn(CCO)nc2-c2cc(Cl)ccc2O)cc1)c1ccsc1. The highest BCUT2D eigenvalue weighted by atomic mass is 35.5. The smallest absolute Gasteiger partial charge is 0.408 e. The minimum absolute atomic E-state index is 0.00122. The van der Waals surface area contributed by atoms with Gasteiger partial charge < -0.3 is 30.5 Å². The second-order valence-electron chi connectivity index (χ2n) is 12.5. The van der Waals surface area contributed by atoms with Gasteiger partial charge in [-0.1, -0.05) is 23.4 Å². The molecule has 1 aliphatic heterocycles. The second kappa shape index (κ2) is 15.6. The van der Waals surface area contributed by atoms with Crippen molar-refractivity contribution in [1.29, 1.82) is 0 Å². The van der Waals surface area contributed by atoms with Crippen LogP contribution in [0.3, 0.4) is 0 Å². The summed E-state index contributed by atoms with van der Waals surface area (Å²) in [5.74, 6) is 5.49. The van der Waals surface area contributed by atoms with Crippen LogP contribution in [-0.2, 0) is 20.9 Å². The molecular formula is C36H38ClN5O6S. The number of alkyl carbamates (subject to hydrolysis) is 1. The fourth-order valence-corrected chi connectivity index (χ4v) is 6.27. The number of hydrogen-bond donors (Lipinski definition) is 4. The molecule has 1 aliphatic rings. The first-order chi connectivity index (χ1) is 23.4. The van der Waals surface area contributed by atoms with E-state index in [1.54, 1.807) is 84.4 Å². The summed E-state index contributed by atoms with van der Waals surface area (Å²) in [6, 6.07) is 11.7. The predicted octanol–water partition coefficient (Wildman–Crippen LogP) is 5.95. The van der Waals surface area contributed by atoms with Crippen molar-refractivity contribution in [2.24, 2.45) is 0 Å². The van der Waals surface area contributed by atoms with Gasteiger partial charge in [0.2, 0.25) is 5.91 Å². The molecule has 0 saturated carbocycles. The minimum Gasteiger partial charge on any atom is -0.507 e. The van der Waals surface area contributed by atoms with Gasteiger partial charge in [0, 0.05) is 34.6 Å². The number of ether oxygens (including phenoxy) is 1. The lowest BCUT2D eigenvalue weighted by Crippen LogP contribution is -2.53. The molecular weight excluding hydrogens is 666 g/mol. The number of carbonyl (C=O) groups excluding carboxylic acids is 3. The number of thiophene rings is 1. The summed E-state index contributed by atoms with van der Waals surface area (Å²) in [7, 11) is 0. The summed E-state index contributed by atoms with van der Waals surface area (Å²) in [6.07, 6.45) is 2.98. The molecule has 11 nitrogen and oxygen atoms in total. The highest BCUT2D eigenvalue weighted by Gasteiger charge is 2.37. The van der Waals surface area contributed by atoms with E-state index < -0.39 is 23.8 Å². The van der Waals surface area contributed by atoms with Gasteiger partial charge in [0.05, 0.1) is 18.7 Å². The average Bonchev–Trinajstić information content (AvgIpc) is 3.74. The van der Waals surface area contributed by atoms with Crippen LogP contribution < -0.4 is 10.6 Å². The number of phenolic OH excluding ortho intramolecular Hbond substituents is 1. The molecule has 2 aromatic heterocycles. The Labute approximate surface area is 293 Å². The molecule has 1 fully saturated rings. The number of phenols is 1. The number of benzene rings is 2. The maximum absolute atomic E-state index is 13.9. The zero-order valence-corrected chi connectivity index (χ0v) is 29.0. The number of aliphatic hydroxyl groups excluding tert-OH is 1. The van der Waals surface area contributed by atoms with E-state index in [1.165, 1.54) is 17.4 Å². The fraction of sp³-hybridized carbons (Fsp3) is 0.333. The number of aromatic nitrogens is 2. The number of likely N-dealkylation sites (tertiary alicyclic amines) is 1. The quantitative estimate of drug-likeness (QED) is 0.166. The third-order valence-electron chi connectivity index (χ3n) is 7.67. The standard InChI is InChI=1S/C36H38ClN5O6S/c1-36(2,3)48-35(47)39-32(25-15-19-49-22-25)34(46)42-16-5-4-6-29(42)33(45)38-27-12-8-23(9-13-27)7-10-24-21-41(17-18-43)40-31(24)28-20-26(37)11-14-30(28)44/h8-9,11-15,19-22,29,32,43-44H,4-6,16-18H2,1-3H3,(H,38,45)(H,39,47)/t29-,32+/m0/s1. The zero-order chi connectivity index (χ0) is 35.1. The lowest BCUT2D eigenvalue weighted by atomic mass is 9.98. The molecule has 49 heavy (non-hydrogen) atoms. The molecule has 5 rings (SSSR count).